The maximum atomic E-state index is 14.0. The van der Waals surface area contributed by atoms with Gasteiger partial charge in [-0.15, -0.1) is 0 Å². The maximum Gasteiger partial charge on any atom is 0.337 e. The molecule has 1 aliphatic heterocycles. The number of urea groups is 1. The summed E-state index contributed by atoms with van der Waals surface area (Å²) in [4.78, 5) is 52.9. The minimum absolute atomic E-state index is 0.236. The summed E-state index contributed by atoms with van der Waals surface area (Å²) in [5.41, 5.74) is 0.251. The average molecular weight is 383 g/mol. The number of rotatable bonds is 4. The van der Waals surface area contributed by atoms with Crippen LogP contribution >= 0.6 is 0 Å². The Morgan fingerprint density at radius 3 is 2.64 bits per heavy atom. The third-order valence-electron chi connectivity index (χ3n) is 3.94. The molecule has 3 rings (SSSR count). The van der Waals surface area contributed by atoms with Gasteiger partial charge in [-0.25, -0.2) is 18.9 Å². The number of benzene rings is 2. The van der Waals surface area contributed by atoms with Gasteiger partial charge in [0.05, 0.1) is 24.0 Å². The van der Waals surface area contributed by atoms with Crippen LogP contribution in [0.15, 0.2) is 53.5 Å². The number of hydrogen-bond acceptors (Lipinski definition) is 6. The van der Waals surface area contributed by atoms with E-state index in [0.29, 0.717) is 4.90 Å². The Morgan fingerprint density at radius 2 is 1.93 bits per heavy atom. The van der Waals surface area contributed by atoms with E-state index in [9.17, 15) is 23.6 Å². The van der Waals surface area contributed by atoms with Crippen molar-refractivity contribution in [3.63, 3.8) is 0 Å². The van der Waals surface area contributed by atoms with E-state index in [4.69, 9.17) is 0 Å². The van der Waals surface area contributed by atoms with E-state index in [1.54, 1.807) is 12.1 Å². The Morgan fingerprint density at radius 1 is 1.18 bits per heavy atom. The van der Waals surface area contributed by atoms with Crippen molar-refractivity contribution >= 4 is 41.4 Å². The summed E-state index contributed by atoms with van der Waals surface area (Å²) < 4.78 is 18.6. The molecule has 4 amide bonds. The highest BCUT2D eigenvalue weighted by molar-refractivity contribution is 6.32. The molecule has 8 nitrogen and oxygen atoms in total. The summed E-state index contributed by atoms with van der Waals surface area (Å²) in [6.07, 6.45) is 1.04. The molecule has 1 saturated heterocycles. The van der Waals surface area contributed by atoms with Crippen LogP contribution in [0.25, 0.3) is 0 Å². The highest BCUT2D eigenvalue weighted by Gasteiger charge is 2.41. The Hall–Kier alpha value is -3.88. The molecule has 28 heavy (non-hydrogen) atoms. The molecule has 0 bridgehead atoms. The van der Waals surface area contributed by atoms with Gasteiger partial charge in [0.1, 0.15) is 5.82 Å². The van der Waals surface area contributed by atoms with Gasteiger partial charge >= 0.3 is 12.0 Å². The molecular formula is C19H14FN3O5. The average Bonchev–Trinajstić information content (AvgIpc) is 2.68. The lowest BCUT2D eigenvalue weighted by atomic mass is 10.1. The predicted octanol–water partition coefficient (Wildman–Crippen LogP) is 2.21. The summed E-state index contributed by atoms with van der Waals surface area (Å²) in [6, 6.07) is 10.2. The number of para-hydroxylation sites is 1. The molecule has 1 N–H and O–H groups in total. The van der Waals surface area contributed by atoms with Crippen LogP contribution in [0.5, 0.6) is 0 Å². The first kappa shape index (κ1) is 18.9. The molecule has 0 aliphatic carbocycles. The Labute approximate surface area is 158 Å². The number of barbiturate groups is 1. The number of anilines is 1. The van der Waals surface area contributed by atoms with Crippen molar-refractivity contribution < 1.29 is 28.3 Å². The predicted molar refractivity (Wildman–Crippen MR) is 96.8 cm³/mol. The van der Waals surface area contributed by atoms with Crippen LogP contribution in [0.3, 0.4) is 0 Å². The van der Waals surface area contributed by atoms with Crippen molar-refractivity contribution in [1.29, 1.82) is 0 Å². The number of methoxy groups -OCH3 is 1. The fourth-order valence-corrected chi connectivity index (χ4v) is 2.57. The molecule has 1 atom stereocenters. The molecule has 9 heteroatoms. The second kappa shape index (κ2) is 7.78. The molecule has 142 valence electrons. The number of ether oxygens (including phenoxy) is 1. The van der Waals surface area contributed by atoms with Crippen LogP contribution < -0.4 is 10.2 Å². The van der Waals surface area contributed by atoms with Gasteiger partial charge in [-0.2, -0.15) is 0 Å². The first-order chi connectivity index (χ1) is 13.4. The Kier molecular flexibility index (Phi) is 5.25. The van der Waals surface area contributed by atoms with Gasteiger partial charge in [-0.3, -0.25) is 19.9 Å². The van der Waals surface area contributed by atoms with Crippen LogP contribution in [-0.4, -0.2) is 37.1 Å². The van der Waals surface area contributed by atoms with E-state index in [0.717, 1.165) is 12.3 Å². The number of aliphatic imine (C=N–C) groups is 1. The van der Waals surface area contributed by atoms with Crippen molar-refractivity contribution in [1.82, 2.24) is 5.32 Å². The van der Waals surface area contributed by atoms with Crippen LogP contribution in [0.4, 0.5) is 20.6 Å². The molecule has 1 fully saturated rings. The van der Waals surface area contributed by atoms with E-state index >= 15 is 0 Å². The summed E-state index contributed by atoms with van der Waals surface area (Å²) in [5.74, 6) is -4.62. The van der Waals surface area contributed by atoms with E-state index in [1.807, 2.05) is 5.32 Å². The smallest absolute Gasteiger partial charge is 0.337 e. The highest BCUT2D eigenvalue weighted by atomic mass is 19.1. The van der Waals surface area contributed by atoms with Crippen LogP contribution in [-0.2, 0) is 14.3 Å². The second-order valence-electron chi connectivity index (χ2n) is 5.72. The van der Waals surface area contributed by atoms with E-state index < -0.39 is 35.5 Å². The number of nitrogens with zero attached hydrogens (tertiary/aromatic N) is 2. The molecule has 0 radical (unpaired) electrons. The summed E-state index contributed by atoms with van der Waals surface area (Å²) in [5, 5.41) is 2.01. The monoisotopic (exact) mass is 383 g/mol. The number of carbonyl (C=O) groups is 4. The number of esters is 1. The number of amides is 4. The zero-order valence-corrected chi connectivity index (χ0v) is 14.6. The number of carbonyl (C=O) groups excluding carboxylic acids is 4. The quantitative estimate of drug-likeness (QED) is 0.495. The molecule has 1 heterocycles. The van der Waals surface area contributed by atoms with Gasteiger partial charge in [0.15, 0.2) is 5.92 Å². The zero-order chi connectivity index (χ0) is 20.3. The molecule has 0 spiro atoms. The summed E-state index contributed by atoms with van der Waals surface area (Å²) in [7, 11) is 1.23. The molecule has 1 aliphatic rings. The van der Waals surface area contributed by atoms with Crippen molar-refractivity contribution in [2.75, 3.05) is 12.0 Å². The fraction of sp³-hybridized carbons (Fsp3) is 0.105. The van der Waals surface area contributed by atoms with Gasteiger partial charge in [-0.05, 0) is 30.3 Å². The second-order valence-corrected chi connectivity index (χ2v) is 5.72. The van der Waals surface area contributed by atoms with Gasteiger partial charge in [0.25, 0.3) is 5.91 Å². The lowest BCUT2D eigenvalue weighted by molar-refractivity contribution is -0.131. The third kappa shape index (κ3) is 3.63. The van der Waals surface area contributed by atoms with Crippen molar-refractivity contribution in [2.24, 2.45) is 10.9 Å². The molecular weight excluding hydrogens is 369 g/mol. The lowest BCUT2D eigenvalue weighted by Crippen LogP contribution is -2.58. The summed E-state index contributed by atoms with van der Waals surface area (Å²) in [6.45, 7) is 0. The van der Waals surface area contributed by atoms with Crippen LogP contribution in [0.2, 0.25) is 0 Å². The molecule has 0 saturated carbocycles. The lowest BCUT2D eigenvalue weighted by Gasteiger charge is -2.28. The minimum atomic E-state index is -1.45. The molecule has 0 aromatic heterocycles. The topological polar surface area (TPSA) is 105 Å². The van der Waals surface area contributed by atoms with Gasteiger partial charge in [-0.1, -0.05) is 18.2 Å². The van der Waals surface area contributed by atoms with Crippen LogP contribution in [0, 0.1) is 11.7 Å². The minimum Gasteiger partial charge on any atom is -0.465 e. The van der Waals surface area contributed by atoms with Crippen molar-refractivity contribution in [3.8, 4) is 0 Å². The van der Waals surface area contributed by atoms with Gasteiger partial charge in [0, 0.05) is 6.21 Å². The van der Waals surface area contributed by atoms with Gasteiger partial charge < -0.3 is 4.74 Å². The zero-order valence-electron chi connectivity index (χ0n) is 14.6. The Balaban J connectivity index is 1.89. The molecule has 2 aromatic rings. The molecule has 0 unspecified atom stereocenters. The number of nitrogens with one attached hydrogen (secondary N) is 1. The standard InChI is InChI=1S/C19H14FN3O5/c1-28-18(26)11-5-4-6-12(9-11)21-10-13-16(24)22-19(27)23(17(13)25)15-8-3-2-7-14(15)20/h2-10,13H,1H3,(H,22,24,27)/t13-/m0/s1. The highest BCUT2D eigenvalue weighted by Crippen LogP contribution is 2.23. The maximum absolute atomic E-state index is 14.0. The largest absolute Gasteiger partial charge is 0.465 e. The number of hydrogen-bond donors (Lipinski definition) is 1. The van der Waals surface area contributed by atoms with Crippen LogP contribution in [0.1, 0.15) is 10.4 Å². The van der Waals surface area contributed by atoms with E-state index in [-0.39, 0.29) is 16.9 Å². The Bertz CT molecular complexity index is 1000. The number of imide groups is 2. The SMILES string of the molecule is COC(=O)c1cccc(N=C[C@H]2C(=O)NC(=O)N(c3ccccc3F)C2=O)c1. The normalized spacial score (nSPS) is 17.0. The van der Waals surface area contributed by atoms with Crippen molar-refractivity contribution in [3.05, 3.63) is 59.9 Å². The molecule has 2 aromatic carbocycles. The first-order valence-corrected chi connectivity index (χ1v) is 8.08. The van der Waals surface area contributed by atoms with Crippen molar-refractivity contribution in [2.45, 2.75) is 0 Å². The van der Waals surface area contributed by atoms with E-state index in [2.05, 4.69) is 9.73 Å². The third-order valence-corrected chi connectivity index (χ3v) is 3.94. The number of halogens is 1. The summed E-state index contributed by atoms with van der Waals surface area (Å²) >= 11 is 0. The fourth-order valence-electron chi connectivity index (χ4n) is 2.57. The first-order valence-electron chi connectivity index (χ1n) is 8.08. The van der Waals surface area contributed by atoms with Gasteiger partial charge in [0.2, 0.25) is 5.91 Å². The van der Waals surface area contributed by atoms with E-state index in [1.165, 1.54) is 37.4 Å².